The third-order valence-corrected chi connectivity index (χ3v) is 5.85. The molecule has 5 N–H and O–H groups in total. The number of hydrogen-bond acceptors (Lipinski definition) is 12. The first kappa shape index (κ1) is 49.1. The second-order valence-corrected chi connectivity index (χ2v) is 9.60. The van der Waals surface area contributed by atoms with E-state index in [-0.39, 0.29) is 102 Å². The molecule has 0 aliphatic heterocycles. The average Bonchev–Trinajstić information content (AvgIpc) is 3.06. The Labute approximate surface area is 305 Å². The monoisotopic (exact) mass is 943 g/mol. The van der Waals surface area contributed by atoms with E-state index in [9.17, 15) is 27.2 Å². The Morgan fingerprint density at radius 2 is 1.10 bits per heavy atom. The molecule has 19 heteroatoms. The van der Waals surface area contributed by atoms with E-state index in [2.05, 4.69) is 23.9 Å². The Bertz CT molecular complexity index is 963. The van der Waals surface area contributed by atoms with Crippen molar-refractivity contribution in [3.63, 3.8) is 0 Å². The molecule has 0 bridgehead atoms. The Morgan fingerprint density at radius 1 is 0.646 bits per heavy atom. The van der Waals surface area contributed by atoms with Crippen LogP contribution in [-0.2, 0) is 42.7 Å². The summed E-state index contributed by atoms with van der Waals surface area (Å²) in [6.07, 6.45) is -0.312. The maximum atomic E-state index is 13.8. The molecule has 1 aromatic rings. The Hall–Kier alpha value is -0.998. The van der Waals surface area contributed by atoms with Crippen LogP contribution in [0, 0.1) is 68.2 Å². The summed E-state index contributed by atoms with van der Waals surface area (Å²) in [7, 11) is 1.65. The Balaban J connectivity index is 0. The van der Waals surface area contributed by atoms with Crippen LogP contribution in [0.2, 0.25) is 0 Å². The molecular weight excluding hydrogens is 895 g/mol. The van der Waals surface area contributed by atoms with E-state index in [0.717, 1.165) is 0 Å². The topological polar surface area (TPSA) is 172 Å². The molecule has 1 aromatic carbocycles. The zero-order valence-electron chi connectivity index (χ0n) is 27.0. The second kappa shape index (κ2) is 33.2. The van der Waals surface area contributed by atoms with Crippen molar-refractivity contribution in [2.24, 2.45) is 11.5 Å². The van der Waals surface area contributed by atoms with Gasteiger partial charge in [-0.25, -0.2) is 13.2 Å². The van der Waals surface area contributed by atoms with E-state index in [1.54, 1.807) is 9.24 Å². The first-order chi connectivity index (χ1) is 22.6. The molecule has 0 aliphatic carbocycles. The van der Waals surface area contributed by atoms with Crippen molar-refractivity contribution in [1.29, 1.82) is 0 Å². The number of esters is 1. The number of halogens is 4. The molecule has 0 radical (unpaired) electrons. The van der Waals surface area contributed by atoms with Crippen molar-refractivity contribution in [2.45, 2.75) is 18.9 Å². The number of ether oxygens (including phenoxy) is 8. The van der Waals surface area contributed by atoms with E-state index >= 15 is 0 Å². The number of amides is 1. The smallest absolute Gasteiger partial charge is 0.422 e. The van der Waals surface area contributed by atoms with Crippen LogP contribution in [0.1, 0.15) is 12.8 Å². The van der Waals surface area contributed by atoms with Gasteiger partial charge in [-0.3, -0.25) is 9.59 Å². The minimum Gasteiger partial charge on any atom is -0.422 e. The molecule has 13 nitrogen and oxygen atoms in total. The maximum absolute atomic E-state index is 13.8. The van der Waals surface area contributed by atoms with Crippen LogP contribution in [-0.4, -0.2) is 124 Å². The Kier molecular flexibility index (Phi) is 33.9. The molecule has 0 aromatic heterocycles. The average molecular weight is 944 g/mol. The van der Waals surface area contributed by atoms with Gasteiger partial charge in [0.15, 0.2) is 17.4 Å². The molecule has 0 saturated heterocycles. The fourth-order valence-corrected chi connectivity index (χ4v) is 3.44. The third-order valence-electron chi connectivity index (χ3n) is 5.33. The third kappa shape index (κ3) is 24.2. The van der Waals surface area contributed by atoms with E-state index in [4.69, 9.17) is 44.6 Å². The molecule has 0 saturated carbocycles. The first-order valence-corrected chi connectivity index (χ1v) is 15.4. The summed E-state index contributed by atoms with van der Waals surface area (Å²) in [5.74, 6) is -9.98. The second-order valence-electron chi connectivity index (χ2n) is 9.03. The van der Waals surface area contributed by atoms with Crippen LogP contribution < -0.4 is 26.8 Å². The Morgan fingerprint density at radius 3 is 1.65 bits per heavy atom. The molecule has 1 rings (SSSR count). The number of carbonyl (C=O) groups excluding carboxylic acids is 2. The molecule has 276 valence electrons. The van der Waals surface area contributed by atoms with Gasteiger partial charge in [-0.05, 0) is 0 Å². The van der Waals surface area contributed by atoms with E-state index < -0.39 is 40.3 Å². The van der Waals surface area contributed by atoms with Gasteiger partial charge in [-0.15, -0.1) is 0 Å². The van der Waals surface area contributed by atoms with E-state index in [0.29, 0.717) is 59.3 Å². The van der Waals surface area contributed by atoms with Gasteiger partial charge in [0.2, 0.25) is 17.5 Å². The van der Waals surface area contributed by atoms with Crippen molar-refractivity contribution >= 4 is 26.4 Å². The zero-order valence-corrected chi connectivity index (χ0v) is 32.4. The minimum absolute atomic E-state index is 0. The fourth-order valence-electron chi connectivity index (χ4n) is 3.13. The van der Waals surface area contributed by atoms with Gasteiger partial charge >= 0.3 is 37.1 Å². The number of nitrogens with one attached hydrogen (secondary N) is 1. The summed E-state index contributed by atoms with van der Waals surface area (Å²) < 4.78 is 95.1. The largest absolute Gasteiger partial charge is 2.00 e. The van der Waals surface area contributed by atoms with Gasteiger partial charge in [-0.2, -0.15) is 4.39 Å². The molecule has 2 atom stereocenters. The van der Waals surface area contributed by atoms with Crippen LogP contribution in [0.4, 0.5) is 17.6 Å². The quantitative estimate of drug-likeness (QED) is 0.0164. The summed E-state index contributed by atoms with van der Waals surface area (Å²) in [5.41, 5.74) is 10.4. The molecular formula is C29H48F4N3O10PU. The molecule has 0 spiro atoms. The van der Waals surface area contributed by atoms with Gasteiger partial charge in [-0.1, -0.05) is 22.5 Å². The van der Waals surface area contributed by atoms with Crippen molar-refractivity contribution in [2.75, 3.05) is 106 Å². The van der Waals surface area contributed by atoms with Gasteiger partial charge in [0.1, 0.15) is 0 Å². The van der Waals surface area contributed by atoms with Gasteiger partial charge in [0.05, 0.1) is 97.0 Å². The summed E-state index contributed by atoms with van der Waals surface area (Å²) in [5, 5.41) is 2.03. The number of carbonyl (C=O) groups is 2. The molecule has 1 amide bonds. The number of hydrogen-bond donors (Lipinski definition) is 3. The van der Waals surface area contributed by atoms with Crippen LogP contribution in [0.5, 0.6) is 5.75 Å². The summed E-state index contributed by atoms with van der Waals surface area (Å²) in [6, 6.07) is -0.390. The van der Waals surface area contributed by atoms with Crippen molar-refractivity contribution < 1.29 is 96.2 Å². The number of rotatable bonds is 27. The first-order valence-electron chi connectivity index (χ1n) is 14.8. The fraction of sp³-hybridized carbons (Fsp3) is 0.655. The molecule has 0 heterocycles. The van der Waals surface area contributed by atoms with Crippen molar-refractivity contribution in [3.8, 4) is 5.75 Å². The standard InChI is InChI=1S/C25H38F4N2O9P.C4H10NO.U/c1-2-34-15-17(16-39-14-13-38-12-11-37-8-5-30)31-18(32)3-6-35-9-10-36-7-4-19(33)40-24-22(28)20(26)21(27)23(29)25(24)41;1-2-6-4-3-5;/h17H,1-16,30,41H2,(H,31,32);1-5H2;/q2*-1;+2. The summed E-state index contributed by atoms with van der Waals surface area (Å²) in [4.78, 5) is 24.0. The SMILES string of the molecule is [CH2-]COCC(COCCOCCOCCN)NC(=O)CCOCCOCCC(=O)Oc1c(F)c(F)c(F)c(F)c1P.[CH2-]COCCN.[U+2]. The van der Waals surface area contributed by atoms with Crippen LogP contribution in [0.25, 0.3) is 0 Å². The number of nitrogens with two attached hydrogens (primary N) is 2. The summed E-state index contributed by atoms with van der Waals surface area (Å²) in [6.45, 7) is 12.1. The van der Waals surface area contributed by atoms with Crippen molar-refractivity contribution in [3.05, 3.63) is 37.1 Å². The predicted molar refractivity (Wildman–Crippen MR) is 167 cm³/mol. The molecule has 48 heavy (non-hydrogen) atoms. The van der Waals surface area contributed by atoms with E-state index in [1.165, 1.54) is 0 Å². The normalized spacial score (nSPS) is 11.4. The summed E-state index contributed by atoms with van der Waals surface area (Å²) >= 11 is 0. The minimum atomic E-state index is -2.09. The number of benzene rings is 1. The maximum Gasteiger partial charge on any atom is 2.00 e. The van der Waals surface area contributed by atoms with Crippen LogP contribution in [0.15, 0.2) is 0 Å². The predicted octanol–water partition coefficient (Wildman–Crippen LogP) is 0.602. The van der Waals surface area contributed by atoms with Gasteiger partial charge in [0, 0.05) is 19.5 Å². The van der Waals surface area contributed by atoms with Gasteiger partial charge < -0.3 is 68.5 Å². The zero-order chi connectivity index (χ0) is 35.3. The van der Waals surface area contributed by atoms with Gasteiger partial charge in [0.25, 0.3) is 0 Å². The van der Waals surface area contributed by atoms with E-state index in [1.807, 2.05) is 0 Å². The molecule has 0 aliphatic rings. The van der Waals surface area contributed by atoms with Crippen molar-refractivity contribution in [1.82, 2.24) is 5.32 Å². The van der Waals surface area contributed by atoms with Crippen LogP contribution in [0.3, 0.4) is 0 Å². The molecule has 0 fully saturated rings. The molecule has 2 unspecified atom stereocenters. The van der Waals surface area contributed by atoms with Crippen LogP contribution >= 0.6 is 9.24 Å².